The van der Waals surface area contributed by atoms with E-state index >= 15 is 4.39 Å². The van der Waals surface area contributed by atoms with E-state index in [1.54, 1.807) is 11.0 Å². The number of likely N-dealkylation sites (tertiary alicyclic amines) is 2. The minimum absolute atomic E-state index is 0.0214. The van der Waals surface area contributed by atoms with Gasteiger partial charge in [-0.3, -0.25) is 33.7 Å². The van der Waals surface area contributed by atoms with E-state index in [1.165, 1.54) is 0 Å². The summed E-state index contributed by atoms with van der Waals surface area (Å²) in [6.45, 7) is 1.74. The zero-order valence-electron chi connectivity index (χ0n) is 29.6. The second-order valence-corrected chi connectivity index (χ2v) is 17.8. The Morgan fingerprint density at radius 1 is 1.00 bits per heavy atom. The molecule has 15 heteroatoms. The predicted octanol–water partition coefficient (Wildman–Crippen LogP) is 3.18. The average molecular weight is 744 g/mol. The first-order valence-electron chi connectivity index (χ1n) is 19.1. The Morgan fingerprint density at radius 2 is 1.69 bits per heavy atom. The number of allylic oxidation sites excluding steroid dienone is 3. The van der Waals surface area contributed by atoms with Gasteiger partial charge in [-0.25, -0.2) is 17.6 Å². The average Bonchev–Trinajstić information content (AvgIpc) is 4.01. The van der Waals surface area contributed by atoms with Crippen LogP contribution in [-0.4, -0.2) is 113 Å². The van der Waals surface area contributed by atoms with Crippen LogP contribution in [0.1, 0.15) is 89.9 Å². The number of carbonyl (C=O) groups excluding carboxylic acids is 4. The maximum absolute atomic E-state index is 15.8. The largest absolute Gasteiger partial charge is 0.465 e. The van der Waals surface area contributed by atoms with Gasteiger partial charge in [0.1, 0.15) is 5.54 Å². The summed E-state index contributed by atoms with van der Waals surface area (Å²) in [5.41, 5.74) is -1.01. The number of Topliss-reactive ketones (excluding diaryl/α,β-unsaturated/α-hetero) is 1. The number of ketones is 1. The molecule has 6 atom stereocenters. The standard InChI is InChI=1S/C37H50FN5O8S/c38-31-28-22-43(36(48)49)32(27(28)17-23(33(31)45)19-30(44)41-14-9-6-10-15-41)24-18-29-34(46)39-37(35(47)40-52(50,51)26-12-13-26)20-25(37)11-7-4-2-1-3-5-8-16-42(29)21-24/h7,11,17,23-26,29,32H,1-6,8-10,12-16,18-22H2,(H,39,46)(H,40,47)(H,48,49)/b11-7-/t23-,24+,25?,29-,32?,37?/m0/s1. The normalized spacial score (nSPS) is 33.9. The third-order valence-electron chi connectivity index (χ3n) is 12.2. The molecule has 7 rings (SSSR count). The van der Waals surface area contributed by atoms with Crippen molar-refractivity contribution < 1.29 is 41.9 Å². The van der Waals surface area contributed by atoms with Gasteiger partial charge in [-0.05, 0) is 82.2 Å². The second-order valence-electron chi connectivity index (χ2n) is 15.8. The van der Waals surface area contributed by atoms with Gasteiger partial charge in [-0.2, -0.15) is 0 Å². The minimum atomic E-state index is -3.86. The Labute approximate surface area is 304 Å². The first kappa shape index (κ1) is 36.8. The summed E-state index contributed by atoms with van der Waals surface area (Å²) in [6.07, 6.45) is 13.8. The van der Waals surface area contributed by atoms with E-state index in [4.69, 9.17) is 0 Å². The number of carboxylic acid groups (broad SMARTS) is 1. The third kappa shape index (κ3) is 7.31. The van der Waals surface area contributed by atoms with E-state index in [2.05, 4.69) is 10.0 Å². The second kappa shape index (κ2) is 14.7. The van der Waals surface area contributed by atoms with Crippen LogP contribution < -0.4 is 10.0 Å². The molecule has 3 aliphatic carbocycles. The Kier molecular flexibility index (Phi) is 10.4. The van der Waals surface area contributed by atoms with E-state index in [0.29, 0.717) is 44.6 Å². The van der Waals surface area contributed by atoms with Crippen molar-refractivity contribution in [2.45, 2.75) is 113 Å². The molecule has 3 N–H and O–H groups in total. The molecule has 7 aliphatic rings. The minimum Gasteiger partial charge on any atom is -0.465 e. The van der Waals surface area contributed by atoms with Crippen molar-refractivity contribution in [1.82, 2.24) is 24.7 Å². The molecule has 0 radical (unpaired) electrons. The molecule has 0 aromatic carbocycles. The Bertz CT molecular complexity index is 1700. The smallest absolute Gasteiger partial charge is 0.408 e. The zero-order chi connectivity index (χ0) is 36.8. The molecule has 284 valence electrons. The summed E-state index contributed by atoms with van der Waals surface area (Å²) in [6, 6.07) is -1.59. The van der Waals surface area contributed by atoms with Crippen molar-refractivity contribution in [3.63, 3.8) is 0 Å². The Balaban J connectivity index is 1.15. The van der Waals surface area contributed by atoms with Crippen LogP contribution in [0.5, 0.6) is 0 Å². The number of nitrogens with zero attached hydrogens (tertiary/aromatic N) is 3. The molecule has 0 spiro atoms. The molecule has 0 aromatic heterocycles. The van der Waals surface area contributed by atoms with E-state index in [1.807, 2.05) is 17.1 Å². The maximum atomic E-state index is 15.8. The lowest BCUT2D eigenvalue weighted by molar-refractivity contribution is -0.135. The number of hydrogen-bond acceptors (Lipinski definition) is 8. The van der Waals surface area contributed by atoms with Crippen molar-refractivity contribution in [3.05, 3.63) is 35.2 Å². The summed E-state index contributed by atoms with van der Waals surface area (Å²) < 4.78 is 43.6. The number of rotatable bonds is 6. The molecular weight excluding hydrogens is 693 g/mol. The van der Waals surface area contributed by atoms with Gasteiger partial charge in [0.25, 0.3) is 5.91 Å². The zero-order valence-corrected chi connectivity index (χ0v) is 30.4. The molecule has 13 nitrogen and oxygen atoms in total. The maximum Gasteiger partial charge on any atom is 0.408 e. The number of amides is 4. The van der Waals surface area contributed by atoms with Crippen molar-refractivity contribution in [2.24, 2.45) is 17.8 Å². The molecule has 3 saturated heterocycles. The quantitative estimate of drug-likeness (QED) is 0.346. The number of hydrogen-bond donors (Lipinski definition) is 3. The number of carbonyl (C=O) groups is 5. The van der Waals surface area contributed by atoms with E-state index < -0.39 is 74.2 Å². The summed E-state index contributed by atoms with van der Waals surface area (Å²) in [7, 11) is -3.86. The molecule has 0 bridgehead atoms. The Morgan fingerprint density at radius 3 is 2.42 bits per heavy atom. The van der Waals surface area contributed by atoms with Crippen LogP contribution in [0.2, 0.25) is 0 Å². The highest BCUT2D eigenvalue weighted by atomic mass is 32.2. The van der Waals surface area contributed by atoms with Gasteiger partial charge in [-0.1, -0.05) is 37.5 Å². The number of halogens is 1. The molecule has 5 fully saturated rings. The highest BCUT2D eigenvalue weighted by Gasteiger charge is 2.62. The van der Waals surface area contributed by atoms with Crippen LogP contribution in [0.3, 0.4) is 0 Å². The number of piperidine rings is 1. The molecule has 4 aliphatic heterocycles. The molecule has 2 saturated carbocycles. The van der Waals surface area contributed by atoms with E-state index in [0.717, 1.165) is 62.7 Å². The number of nitrogens with one attached hydrogen (secondary N) is 2. The van der Waals surface area contributed by atoms with Gasteiger partial charge >= 0.3 is 6.09 Å². The van der Waals surface area contributed by atoms with Crippen LogP contribution >= 0.6 is 0 Å². The van der Waals surface area contributed by atoms with Gasteiger partial charge in [0.05, 0.1) is 29.8 Å². The van der Waals surface area contributed by atoms with Crippen LogP contribution in [-0.2, 0) is 29.2 Å². The lowest BCUT2D eigenvalue weighted by atomic mass is 9.81. The lowest BCUT2D eigenvalue weighted by Crippen LogP contribution is -2.56. The van der Waals surface area contributed by atoms with Crippen molar-refractivity contribution in [1.29, 1.82) is 0 Å². The number of sulfonamides is 1. The SMILES string of the molecule is O=C1C(F)=C2CN(C(=O)O)C([C@@H]3C[C@H]4C(=O)NC5(C(=O)NS(=O)(=O)C6CC6)CC5/C=C\CCCCCCCN4C3)C2=C[C@H]1CC(=O)N1CCCCC1. The van der Waals surface area contributed by atoms with Crippen LogP contribution in [0.15, 0.2) is 35.2 Å². The predicted molar refractivity (Wildman–Crippen MR) is 188 cm³/mol. The van der Waals surface area contributed by atoms with Gasteiger partial charge in [0.2, 0.25) is 21.8 Å². The first-order chi connectivity index (χ1) is 24.9. The number of fused-ring (bicyclic) bond motifs is 3. The highest BCUT2D eigenvalue weighted by Crippen LogP contribution is 2.47. The van der Waals surface area contributed by atoms with Gasteiger partial charge < -0.3 is 15.3 Å². The Hall–Kier alpha value is -3.59. The third-order valence-corrected chi connectivity index (χ3v) is 14.0. The van der Waals surface area contributed by atoms with E-state index in [-0.39, 0.29) is 43.2 Å². The fourth-order valence-electron chi connectivity index (χ4n) is 9.04. The van der Waals surface area contributed by atoms with Crippen molar-refractivity contribution in [3.8, 4) is 0 Å². The summed E-state index contributed by atoms with van der Waals surface area (Å²) in [5.74, 6) is -5.10. The van der Waals surface area contributed by atoms with Gasteiger partial charge in [-0.15, -0.1) is 0 Å². The van der Waals surface area contributed by atoms with Crippen molar-refractivity contribution >= 4 is 39.6 Å². The fraction of sp³-hybridized carbons (Fsp3) is 0.703. The van der Waals surface area contributed by atoms with Gasteiger partial charge in [0.15, 0.2) is 11.6 Å². The highest BCUT2D eigenvalue weighted by molar-refractivity contribution is 7.91. The van der Waals surface area contributed by atoms with Crippen LogP contribution in [0.4, 0.5) is 9.18 Å². The summed E-state index contributed by atoms with van der Waals surface area (Å²) in [4.78, 5) is 71.8. The molecule has 4 heterocycles. The fourth-order valence-corrected chi connectivity index (χ4v) is 10.4. The molecule has 4 amide bonds. The molecule has 0 aromatic rings. The molecular formula is C37H50FN5O8S. The van der Waals surface area contributed by atoms with Crippen molar-refractivity contribution in [2.75, 3.05) is 32.7 Å². The lowest BCUT2D eigenvalue weighted by Gasteiger charge is -2.30. The first-order valence-corrected chi connectivity index (χ1v) is 20.7. The monoisotopic (exact) mass is 743 g/mol. The van der Waals surface area contributed by atoms with Gasteiger partial charge in [0, 0.05) is 37.5 Å². The summed E-state index contributed by atoms with van der Waals surface area (Å²) in [5, 5.41) is 12.7. The molecule has 52 heavy (non-hydrogen) atoms. The van der Waals surface area contributed by atoms with Crippen LogP contribution in [0.25, 0.3) is 0 Å². The van der Waals surface area contributed by atoms with Crippen LogP contribution in [0, 0.1) is 17.8 Å². The molecule has 3 unspecified atom stereocenters. The summed E-state index contributed by atoms with van der Waals surface area (Å²) >= 11 is 0. The van der Waals surface area contributed by atoms with E-state index in [9.17, 15) is 37.5 Å². The topological polar surface area (TPSA) is 174 Å².